The minimum atomic E-state index is 0.452. The molecule has 0 radical (unpaired) electrons. The molecule has 2 N–H and O–H groups in total. The Bertz CT molecular complexity index is 931. The maximum Gasteiger partial charge on any atom is 0.225 e. The van der Waals surface area contributed by atoms with Crippen LogP contribution in [0.5, 0.6) is 0 Å². The predicted molar refractivity (Wildman–Crippen MR) is 133 cm³/mol. The monoisotopic (exact) mass is 435 g/mol. The molecule has 2 aliphatic carbocycles. The molecule has 6 heteroatoms. The highest BCUT2D eigenvalue weighted by atomic mass is 16.5. The number of fused-ring (bicyclic) bond motifs is 1. The molecule has 1 aromatic carbocycles. The lowest BCUT2D eigenvalue weighted by Crippen LogP contribution is -2.32. The Kier molecular flexibility index (Phi) is 7.99. The third-order valence-corrected chi connectivity index (χ3v) is 6.38. The van der Waals surface area contributed by atoms with Crippen molar-refractivity contribution < 1.29 is 4.74 Å². The minimum absolute atomic E-state index is 0.452. The van der Waals surface area contributed by atoms with E-state index in [4.69, 9.17) is 14.7 Å². The van der Waals surface area contributed by atoms with Crippen LogP contribution in [-0.2, 0) is 4.74 Å². The number of rotatable bonds is 10. The number of aromatic nitrogens is 2. The van der Waals surface area contributed by atoms with Gasteiger partial charge < -0.3 is 20.3 Å². The number of anilines is 2. The lowest BCUT2D eigenvalue weighted by molar-refractivity contribution is 0.196. The van der Waals surface area contributed by atoms with Gasteiger partial charge in [0, 0.05) is 31.9 Å². The Balaban J connectivity index is 1.17. The van der Waals surface area contributed by atoms with E-state index in [0.29, 0.717) is 6.04 Å². The van der Waals surface area contributed by atoms with Crippen molar-refractivity contribution in [2.75, 3.05) is 44.0 Å². The van der Waals surface area contributed by atoms with Crippen molar-refractivity contribution in [3.8, 4) is 0 Å². The quantitative estimate of drug-likeness (QED) is 0.518. The summed E-state index contributed by atoms with van der Waals surface area (Å²) < 4.78 is 5.84. The van der Waals surface area contributed by atoms with Gasteiger partial charge in [0.2, 0.25) is 5.95 Å². The number of hydrogen-bond donors (Lipinski definition) is 2. The van der Waals surface area contributed by atoms with Crippen molar-refractivity contribution in [3.05, 3.63) is 48.3 Å². The molecule has 0 atom stereocenters. The largest absolute Gasteiger partial charge is 0.498 e. The predicted octanol–water partition coefficient (Wildman–Crippen LogP) is 4.90. The Hall–Kier alpha value is -2.60. The molecule has 32 heavy (non-hydrogen) atoms. The van der Waals surface area contributed by atoms with Crippen molar-refractivity contribution in [1.29, 1.82) is 0 Å². The smallest absolute Gasteiger partial charge is 0.225 e. The molecule has 0 bridgehead atoms. The molecule has 4 rings (SSSR count). The van der Waals surface area contributed by atoms with E-state index in [-0.39, 0.29) is 0 Å². The first-order chi connectivity index (χ1) is 15.7. The maximum atomic E-state index is 5.84. The first-order valence-corrected chi connectivity index (χ1v) is 12.1. The highest BCUT2D eigenvalue weighted by Gasteiger charge is 2.22. The van der Waals surface area contributed by atoms with Crippen LogP contribution in [0.2, 0.25) is 0 Å². The summed E-state index contributed by atoms with van der Waals surface area (Å²) in [5, 5.41) is 8.33. The Labute approximate surface area is 192 Å². The molecule has 1 heterocycles. The molecule has 2 aromatic rings. The summed E-state index contributed by atoms with van der Waals surface area (Å²) in [5.74, 6) is 3.61. The normalized spacial score (nSPS) is 20.8. The van der Waals surface area contributed by atoms with Crippen LogP contribution in [0.3, 0.4) is 0 Å². The molecule has 172 valence electrons. The zero-order chi connectivity index (χ0) is 22.2. The summed E-state index contributed by atoms with van der Waals surface area (Å²) in [6, 6.07) is 8.68. The number of nitrogens with one attached hydrogen (secondary N) is 2. The first-order valence-electron chi connectivity index (χ1n) is 12.1. The molecular weight excluding hydrogens is 398 g/mol. The van der Waals surface area contributed by atoms with Crippen molar-refractivity contribution in [2.24, 2.45) is 5.92 Å². The van der Waals surface area contributed by atoms with Crippen LogP contribution in [-0.4, -0.2) is 49.8 Å². The maximum absolute atomic E-state index is 5.84. The molecule has 1 aromatic heterocycles. The van der Waals surface area contributed by atoms with Gasteiger partial charge in [0.05, 0.1) is 17.9 Å². The van der Waals surface area contributed by atoms with Gasteiger partial charge in [0.1, 0.15) is 5.82 Å². The Morgan fingerprint density at radius 1 is 1.09 bits per heavy atom. The molecule has 2 aliphatic rings. The first kappa shape index (κ1) is 22.6. The van der Waals surface area contributed by atoms with Crippen LogP contribution in [0.4, 0.5) is 11.8 Å². The number of ether oxygens (including phenoxy) is 1. The lowest BCUT2D eigenvalue weighted by Gasteiger charge is -2.29. The standard InChI is InChI=1S/C26H37N5O/c1-31(2)25-23-11-6-7-12-24(23)29-26(30-25)28-21-15-13-20(14-16-21)19-27-17-8-18-32-22-9-4-3-5-10-22/h3-4,6-7,9,11-12,20-21,27H,5,8,10,13-19H2,1-2H3,(H,28,29,30). The SMILES string of the molecule is CN(C)c1nc(NC2CCC(CNCCCOC3=CC=CCC3)CC2)nc2ccccc12. The average Bonchev–Trinajstić information content (AvgIpc) is 2.82. The van der Waals surface area contributed by atoms with Crippen LogP contribution in [0.25, 0.3) is 10.9 Å². The Morgan fingerprint density at radius 2 is 1.94 bits per heavy atom. The second-order valence-electron chi connectivity index (χ2n) is 9.15. The van der Waals surface area contributed by atoms with Crippen LogP contribution < -0.4 is 15.5 Å². The molecule has 0 spiro atoms. The van der Waals surface area contributed by atoms with Crippen molar-refractivity contribution in [3.63, 3.8) is 0 Å². The van der Waals surface area contributed by atoms with Crippen molar-refractivity contribution >= 4 is 22.7 Å². The third-order valence-electron chi connectivity index (χ3n) is 6.38. The molecule has 6 nitrogen and oxygen atoms in total. The van der Waals surface area contributed by atoms with Crippen LogP contribution in [0.15, 0.2) is 48.3 Å². The van der Waals surface area contributed by atoms with E-state index in [1.54, 1.807) is 0 Å². The number of hydrogen-bond acceptors (Lipinski definition) is 6. The molecule has 1 saturated carbocycles. The average molecular weight is 436 g/mol. The second-order valence-corrected chi connectivity index (χ2v) is 9.15. The molecule has 0 saturated heterocycles. The van der Waals surface area contributed by atoms with E-state index >= 15 is 0 Å². The van der Waals surface area contributed by atoms with E-state index in [9.17, 15) is 0 Å². The fourth-order valence-corrected chi connectivity index (χ4v) is 4.57. The topological polar surface area (TPSA) is 62.3 Å². The zero-order valence-corrected chi connectivity index (χ0v) is 19.5. The summed E-state index contributed by atoms with van der Waals surface area (Å²) in [5.41, 5.74) is 0.992. The zero-order valence-electron chi connectivity index (χ0n) is 19.5. The van der Waals surface area contributed by atoms with Gasteiger partial charge in [-0.05, 0) is 75.7 Å². The van der Waals surface area contributed by atoms with Crippen LogP contribution >= 0.6 is 0 Å². The van der Waals surface area contributed by atoms with Gasteiger partial charge >= 0.3 is 0 Å². The summed E-state index contributed by atoms with van der Waals surface area (Å²) in [6.07, 6.45) is 14.4. The minimum Gasteiger partial charge on any atom is -0.498 e. The molecule has 0 amide bonds. The number of para-hydroxylation sites is 1. The van der Waals surface area contributed by atoms with E-state index in [0.717, 1.165) is 73.3 Å². The second kappa shape index (κ2) is 11.3. The summed E-state index contributed by atoms with van der Waals surface area (Å²) >= 11 is 0. The Morgan fingerprint density at radius 3 is 2.72 bits per heavy atom. The van der Waals surface area contributed by atoms with Gasteiger partial charge in [0.15, 0.2) is 0 Å². The van der Waals surface area contributed by atoms with Gasteiger partial charge in [-0.1, -0.05) is 24.3 Å². The molecule has 1 fully saturated rings. The molecule has 0 aliphatic heterocycles. The van der Waals surface area contributed by atoms with Crippen LogP contribution in [0.1, 0.15) is 44.9 Å². The van der Waals surface area contributed by atoms with Crippen molar-refractivity contribution in [1.82, 2.24) is 15.3 Å². The summed E-state index contributed by atoms with van der Waals surface area (Å²) in [7, 11) is 4.07. The summed E-state index contributed by atoms with van der Waals surface area (Å²) in [6.45, 7) is 2.94. The van der Waals surface area contributed by atoms with E-state index in [1.165, 1.54) is 25.7 Å². The lowest BCUT2D eigenvalue weighted by atomic mass is 9.86. The number of allylic oxidation sites excluding steroid dienone is 4. The fraction of sp³-hybridized carbons (Fsp3) is 0.538. The highest BCUT2D eigenvalue weighted by Crippen LogP contribution is 2.28. The molecule has 0 unspecified atom stereocenters. The van der Waals surface area contributed by atoms with E-state index in [1.807, 2.05) is 26.2 Å². The van der Waals surface area contributed by atoms with Crippen molar-refractivity contribution in [2.45, 2.75) is 51.0 Å². The van der Waals surface area contributed by atoms with Crippen LogP contribution in [0, 0.1) is 5.92 Å². The number of benzene rings is 1. The van der Waals surface area contributed by atoms with Gasteiger partial charge in [0.25, 0.3) is 0 Å². The number of nitrogens with zero attached hydrogens (tertiary/aromatic N) is 3. The summed E-state index contributed by atoms with van der Waals surface area (Å²) in [4.78, 5) is 11.6. The van der Waals surface area contributed by atoms with Gasteiger partial charge in [-0.15, -0.1) is 0 Å². The van der Waals surface area contributed by atoms with Gasteiger partial charge in [-0.3, -0.25) is 0 Å². The molecular formula is C26H37N5O. The fourth-order valence-electron chi connectivity index (χ4n) is 4.57. The third kappa shape index (κ3) is 6.22. The van der Waals surface area contributed by atoms with Gasteiger partial charge in [-0.2, -0.15) is 4.98 Å². The van der Waals surface area contributed by atoms with E-state index in [2.05, 4.69) is 45.9 Å². The van der Waals surface area contributed by atoms with E-state index < -0.39 is 0 Å². The van der Waals surface area contributed by atoms with Gasteiger partial charge in [-0.25, -0.2) is 4.98 Å². The highest BCUT2D eigenvalue weighted by molar-refractivity contribution is 5.90.